The van der Waals surface area contributed by atoms with Gasteiger partial charge in [-0.3, -0.25) is 4.90 Å². The average Bonchev–Trinajstić information content (AvgIpc) is 3.62. The highest BCUT2D eigenvalue weighted by atomic mass is 32.2. The van der Waals surface area contributed by atoms with Crippen molar-refractivity contribution < 1.29 is 13.4 Å². The van der Waals surface area contributed by atoms with Gasteiger partial charge in [0, 0.05) is 37.7 Å². The van der Waals surface area contributed by atoms with E-state index in [0.29, 0.717) is 27.9 Å². The van der Waals surface area contributed by atoms with E-state index in [-0.39, 0.29) is 11.6 Å². The summed E-state index contributed by atoms with van der Waals surface area (Å²) in [6.07, 6.45) is 8.80. The van der Waals surface area contributed by atoms with Crippen molar-refractivity contribution in [2.24, 2.45) is 17.4 Å². The number of carbonyl (C=O) groups excluding carboxylic acids is 1. The van der Waals surface area contributed by atoms with Gasteiger partial charge in [-0.1, -0.05) is 12.5 Å². The van der Waals surface area contributed by atoms with Crippen LogP contribution in [0.2, 0.25) is 0 Å². The van der Waals surface area contributed by atoms with E-state index in [1.54, 1.807) is 10.5 Å². The van der Waals surface area contributed by atoms with Crippen molar-refractivity contribution in [1.29, 1.82) is 0 Å². The van der Waals surface area contributed by atoms with Crippen molar-refractivity contribution in [2.75, 3.05) is 26.7 Å². The highest BCUT2D eigenvalue weighted by Crippen LogP contribution is 2.67. The maximum absolute atomic E-state index is 12.6. The summed E-state index contributed by atoms with van der Waals surface area (Å²) in [6.45, 7) is 13.2. The van der Waals surface area contributed by atoms with Crippen molar-refractivity contribution in [1.82, 2.24) is 4.90 Å². The van der Waals surface area contributed by atoms with E-state index in [0.717, 1.165) is 38.0 Å². The van der Waals surface area contributed by atoms with Gasteiger partial charge in [-0.2, -0.15) is 0 Å². The summed E-state index contributed by atoms with van der Waals surface area (Å²) in [7, 11) is 2.19. The van der Waals surface area contributed by atoms with Crippen LogP contribution in [0.4, 0.5) is 4.79 Å². The Balaban J connectivity index is 1.44. The van der Waals surface area contributed by atoms with Crippen LogP contribution in [0.25, 0.3) is 0 Å². The minimum atomic E-state index is -0.483. The molecule has 1 amide bonds. The summed E-state index contributed by atoms with van der Waals surface area (Å²) in [4.78, 5) is 14.2. The lowest BCUT2D eigenvalue weighted by Crippen LogP contribution is -2.56. The smallest absolute Gasteiger partial charge is 0.414 e. The molecule has 7 heteroatoms. The van der Waals surface area contributed by atoms with E-state index in [9.17, 15) is 4.79 Å². The number of quaternary nitrogens is 1. The first kappa shape index (κ1) is 24.0. The minimum Gasteiger partial charge on any atom is -0.443 e. The molecule has 2 fully saturated rings. The zero-order valence-corrected chi connectivity index (χ0v) is 21.7. The normalized spacial score (nSPS) is 35.8. The fraction of sp³-hybridized carbons (Fsp3) is 0.760. The van der Waals surface area contributed by atoms with Gasteiger partial charge in [0.15, 0.2) is 5.49 Å². The number of amides is 1. The van der Waals surface area contributed by atoms with E-state index >= 15 is 0 Å². The van der Waals surface area contributed by atoms with Crippen molar-refractivity contribution in [2.45, 2.75) is 89.0 Å². The zero-order chi connectivity index (χ0) is 23.5. The van der Waals surface area contributed by atoms with Crippen LogP contribution in [0.15, 0.2) is 22.9 Å². The summed E-state index contributed by atoms with van der Waals surface area (Å²) >= 11 is 0. The van der Waals surface area contributed by atoms with Gasteiger partial charge in [-0.25, -0.2) is 8.68 Å². The highest BCUT2D eigenvalue weighted by Gasteiger charge is 2.64. The molecule has 6 nitrogen and oxygen atoms in total. The molecular weight excluding hydrogens is 420 g/mol. The number of piperidine rings is 1. The molecule has 2 unspecified atom stereocenters. The van der Waals surface area contributed by atoms with Gasteiger partial charge in [0.1, 0.15) is 5.60 Å². The predicted molar refractivity (Wildman–Crippen MR) is 134 cm³/mol. The Kier molecular flexibility index (Phi) is 5.97. The quantitative estimate of drug-likeness (QED) is 0.472. The van der Waals surface area contributed by atoms with Crippen molar-refractivity contribution in [3.63, 3.8) is 0 Å². The maximum Gasteiger partial charge on any atom is 0.414 e. The number of allylic oxidation sites excluding steroid dienone is 4. The molecule has 180 valence electrons. The van der Waals surface area contributed by atoms with Gasteiger partial charge in [0.05, 0.1) is 28.5 Å². The van der Waals surface area contributed by atoms with E-state index < -0.39 is 5.60 Å². The summed E-state index contributed by atoms with van der Waals surface area (Å²) in [5, 5.41) is 0. The second-order valence-electron chi connectivity index (χ2n) is 11.7. The fourth-order valence-electron chi connectivity index (χ4n) is 5.40. The molecule has 32 heavy (non-hydrogen) atoms. The number of hydrogen-bond acceptors (Lipinski definition) is 4. The molecule has 0 radical (unpaired) electrons. The second kappa shape index (κ2) is 7.97. The lowest BCUT2D eigenvalue weighted by molar-refractivity contribution is -0.675. The van der Waals surface area contributed by atoms with Crippen LogP contribution in [-0.2, 0) is 4.74 Å². The molecule has 2 aliphatic heterocycles. The van der Waals surface area contributed by atoms with Crippen LogP contribution in [0, 0.1) is 5.92 Å². The number of nitrogens with zero attached hydrogens (tertiary/aromatic N) is 2. The molecule has 2 atom stereocenters. The molecule has 2 aliphatic carbocycles. The standard InChI is InChI=1S/C25H43N4O2S/c1-18-13-20(28(6)22(30)31-23(3,4)5)14-19(2)21(18)15-25(7-8-25)32-17-29(32)11-9-24(27,16-26)10-12-29/h13,17,19H,7-12,14-16,26-27H2,1-6H3/q+1. The molecule has 1 saturated heterocycles. The summed E-state index contributed by atoms with van der Waals surface area (Å²) in [5.74, 6) is 0.449. The summed E-state index contributed by atoms with van der Waals surface area (Å²) in [6, 6.07) is 0. The van der Waals surface area contributed by atoms with E-state index in [2.05, 4.69) is 25.4 Å². The van der Waals surface area contributed by atoms with Crippen LogP contribution in [0.3, 0.4) is 0 Å². The average molecular weight is 464 g/mol. The molecule has 4 aliphatic rings. The van der Waals surface area contributed by atoms with E-state index in [1.165, 1.54) is 28.7 Å². The Morgan fingerprint density at radius 2 is 1.91 bits per heavy atom. The number of rotatable bonds is 5. The fourth-order valence-corrected chi connectivity index (χ4v) is 8.46. The van der Waals surface area contributed by atoms with Gasteiger partial charge in [-0.15, -0.1) is 0 Å². The Morgan fingerprint density at radius 1 is 1.28 bits per heavy atom. The van der Waals surface area contributed by atoms with Crippen LogP contribution < -0.4 is 11.5 Å². The minimum absolute atomic E-state index is 0.149. The largest absolute Gasteiger partial charge is 0.443 e. The lowest BCUT2D eigenvalue weighted by Gasteiger charge is -2.38. The molecular formula is C25H43N4O2S+. The summed E-state index contributed by atoms with van der Waals surface area (Å²) < 4.78 is 7.23. The first-order chi connectivity index (χ1) is 14.8. The molecule has 1 spiro atoms. The van der Waals surface area contributed by atoms with Crippen molar-refractivity contribution in [3.05, 3.63) is 22.9 Å². The number of ether oxygens (including phenoxy) is 1. The van der Waals surface area contributed by atoms with E-state index in [4.69, 9.17) is 16.2 Å². The Labute approximate surface area is 196 Å². The highest BCUT2D eigenvalue weighted by molar-refractivity contribution is 8.17. The molecule has 4 rings (SSSR count). The predicted octanol–water partition coefficient (Wildman–Crippen LogP) is 4.24. The van der Waals surface area contributed by atoms with Crippen molar-refractivity contribution in [3.8, 4) is 0 Å². The Hall–Kier alpha value is -1.15. The van der Waals surface area contributed by atoms with Gasteiger partial charge in [-0.05, 0) is 70.9 Å². The molecule has 4 N–H and O–H groups in total. The topological polar surface area (TPSA) is 81.6 Å². The van der Waals surface area contributed by atoms with Crippen molar-refractivity contribution >= 4 is 22.3 Å². The van der Waals surface area contributed by atoms with Crippen LogP contribution >= 0.6 is 10.7 Å². The molecule has 0 aromatic heterocycles. The van der Waals surface area contributed by atoms with Gasteiger partial charge in [0.25, 0.3) is 0 Å². The molecule has 2 heterocycles. The SMILES string of the molecule is CC1=C(CC2(S3=C[N+]34CCC(N)(CN)CC4)CC2)C(C)CC(N(C)C(=O)OC(C)(C)C)=C1. The Morgan fingerprint density at radius 3 is 2.41 bits per heavy atom. The molecule has 0 aromatic rings. The third-order valence-corrected chi connectivity index (χ3v) is 11.0. The monoisotopic (exact) mass is 463 g/mol. The second-order valence-corrected chi connectivity index (χ2v) is 14.2. The number of nitrogens with two attached hydrogens (primary N) is 2. The number of hydrogen-bond donors (Lipinski definition) is 2. The zero-order valence-electron chi connectivity index (χ0n) is 20.9. The number of carbonyl (C=O) groups is 1. The maximum atomic E-state index is 12.6. The third-order valence-electron chi connectivity index (χ3n) is 7.88. The van der Waals surface area contributed by atoms with E-state index in [1.807, 2.05) is 27.8 Å². The Bertz CT molecular complexity index is 886. The van der Waals surface area contributed by atoms with Gasteiger partial charge >= 0.3 is 6.09 Å². The lowest BCUT2D eigenvalue weighted by atomic mass is 9.83. The first-order valence-corrected chi connectivity index (χ1v) is 13.4. The molecule has 0 aromatic carbocycles. The van der Waals surface area contributed by atoms with Crippen LogP contribution in [-0.4, -0.2) is 62.9 Å². The van der Waals surface area contributed by atoms with Crippen LogP contribution in [0.1, 0.15) is 73.1 Å². The van der Waals surface area contributed by atoms with Gasteiger partial charge < -0.3 is 16.2 Å². The molecule has 1 saturated carbocycles. The first-order valence-electron chi connectivity index (χ1n) is 12.1. The van der Waals surface area contributed by atoms with Gasteiger partial charge in [0.2, 0.25) is 0 Å². The third kappa shape index (κ3) is 4.59. The summed E-state index contributed by atoms with van der Waals surface area (Å²) in [5.41, 5.74) is 18.4. The molecule has 0 bridgehead atoms. The van der Waals surface area contributed by atoms with Crippen LogP contribution in [0.5, 0.6) is 0 Å².